The maximum absolute atomic E-state index is 11.9. The van der Waals surface area contributed by atoms with Gasteiger partial charge in [-0.3, -0.25) is 9.69 Å². The number of carboxylic acids is 1. The van der Waals surface area contributed by atoms with Crippen LogP contribution in [0.4, 0.5) is 5.82 Å². The smallest absolute Gasteiger partial charge is 0.325 e. The van der Waals surface area contributed by atoms with E-state index >= 15 is 0 Å². The van der Waals surface area contributed by atoms with Crippen LogP contribution in [0.2, 0.25) is 0 Å². The van der Waals surface area contributed by atoms with E-state index in [1.54, 1.807) is 19.2 Å². The summed E-state index contributed by atoms with van der Waals surface area (Å²) in [5.41, 5.74) is 1.76. The fourth-order valence-electron chi connectivity index (χ4n) is 3.21. The number of hydrogen-bond acceptors (Lipinski definition) is 5. The molecular weight excluding hydrogens is 318 g/mol. The number of nitrogens with zero attached hydrogens (tertiary/aromatic N) is 3. The lowest BCUT2D eigenvalue weighted by Crippen LogP contribution is -2.49. The number of rotatable bonds is 5. The van der Waals surface area contributed by atoms with E-state index in [2.05, 4.69) is 9.88 Å². The Hall–Kier alpha value is -2.60. The first-order chi connectivity index (χ1) is 12.1. The minimum Gasteiger partial charge on any atom is -0.497 e. The second kappa shape index (κ2) is 7.53. The molecule has 1 aliphatic rings. The molecule has 3 rings (SSSR count). The molecule has 132 valence electrons. The van der Waals surface area contributed by atoms with E-state index in [1.807, 2.05) is 42.2 Å². The fraction of sp³-hybridized carbons (Fsp3) is 0.368. The van der Waals surface area contributed by atoms with Crippen LogP contribution in [-0.2, 0) is 4.79 Å². The topological polar surface area (TPSA) is 65.9 Å². The van der Waals surface area contributed by atoms with E-state index in [0.717, 1.165) is 35.9 Å². The van der Waals surface area contributed by atoms with Crippen molar-refractivity contribution >= 4 is 11.8 Å². The minimum absolute atomic E-state index is 0.640. The number of aliphatic carboxylic acids is 1. The van der Waals surface area contributed by atoms with Crippen molar-refractivity contribution in [2.45, 2.75) is 13.0 Å². The molecule has 6 heteroatoms. The number of aryl methyl sites for hydroxylation is 1. The van der Waals surface area contributed by atoms with Gasteiger partial charge >= 0.3 is 5.97 Å². The third-order valence-corrected chi connectivity index (χ3v) is 4.54. The van der Waals surface area contributed by atoms with Crippen LogP contribution in [0.1, 0.15) is 17.3 Å². The third-order valence-electron chi connectivity index (χ3n) is 4.54. The van der Waals surface area contributed by atoms with Gasteiger partial charge in [0.2, 0.25) is 0 Å². The Bertz CT molecular complexity index is 725. The lowest BCUT2D eigenvalue weighted by Gasteiger charge is -2.38. The molecule has 6 nitrogen and oxygen atoms in total. The summed E-state index contributed by atoms with van der Waals surface area (Å²) in [6.07, 6.45) is 0. The normalized spacial score (nSPS) is 16.5. The van der Waals surface area contributed by atoms with Crippen LogP contribution in [0.25, 0.3) is 0 Å². The van der Waals surface area contributed by atoms with Crippen LogP contribution in [0.15, 0.2) is 42.5 Å². The van der Waals surface area contributed by atoms with Gasteiger partial charge in [-0.1, -0.05) is 18.2 Å². The van der Waals surface area contributed by atoms with Crippen molar-refractivity contribution in [2.75, 3.05) is 38.2 Å². The first-order valence-corrected chi connectivity index (χ1v) is 8.38. The van der Waals surface area contributed by atoms with Crippen molar-refractivity contribution in [2.24, 2.45) is 0 Å². The number of carbonyl (C=O) groups is 1. The highest BCUT2D eigenvalue weighted by Gasteiger charge is 2.30. The molecule has 1 N–H and O–H groups in total. The summed E-state index contributed by atoms with van der Waals surface area (Å²) in [4.78, 5) is 20.6. The van der Waals surface area contributed by atoms with Crippen molar-refractivity contribution in [3.8, 4) is 5.75 Å². The lowest BCUT2D eigenvalue weighted by molar-refractivity contribution is -0.143. The molecular formula is C19H23N3O3. The minimum atomic E-state index is -0.827. The van der Waals surface area contributed by atoms with Crippen molar-refractivity contribution in [1.29, 1.82) is 0 Å². The first-order valence-electron chi connectivity index (χ1n) is 8.38. The van der Waals surface area contributed by atoms with Gasteiger partial charge in [-0.05, 0) is 36.8 Å². The second-order valence-corrected chi connectivity index (χ2v) is 6.17. The molecule has 0 bridgehead atoms. The highest BCUT2D eigenvalue weighted by atomic mass is 16.5. The molecule has 2 heterocycles. The van der Waals surface area contributed by atoms with Gasteiger partial charge < -0.3 is 14.7 Å². The molecule has 0 amide bonds. The van der Waals surface area contributed by atoms with E-state index in [4.69, 9.17) is 4.74 Å². The van der Waals surface area contributed by atoms with Crippen LogP contribution in [0, 0.1) is 6.92 Å². The molecule has 0 aliphatic carbocycles. The van der Waals surface area contributed by atoms with Crippen LogP contribution in [0.3, 0.4) is 0 Å². The Labute approximate surface area is 147 Å². The van der Waals surface area contributed by atoms with E-state index < -0.39 is 12.0 Å². The zero-order valence-corrected chi connectivity index (χ0v) is 14.6. The van der Waals surface area contributed by atoms with Crippen molar-refractivity contribution in [3.05, 3.63) is 53.7 Å². The van der Waals surface area contributed by atoms with Gasteiger partial charge in [-0.15, -0.1) is 0 Å². The van der Waals surface area contributed by atoms with E-state index in [1.165, 1.54) is 0 Å². The fourth-order valence-corrected chi connectivity index (χ4v) is 3.21. The van der Waals surface area contributed by atoms with E-state index in [9.17, 15) is 9.90 Å². The average molecular weight is 341 g/mol. The van der Waals surface area contributed by atoms with Gasteiger partial charge in [-0.25, -0.2) is 4.98 Å². The summed E-state index contributed by atoms with van der Waals surface area (Å²) in [5, 5.41) is 9.73. The van der Waals surface area contributed by atoms with Crippen molar-refractivity contribution in [3.63, 3.8) is 0 Å². The second-order valence-electron chi connectivity index (χ2n) is 6.17. The Morgan fingerprint density at radius 1 is 1.12 bits per heavy atom. The van der Waals surface area contributed by atoms with Crippen LogP contribution < -0.4 is 9.64 Å². The zero-order valence-electron chi connectivity index (χ0n) is 14.6. The first kappa shape index (κ1) is 17.2. The van der Waals surface area contributed by atoms with Crippen molar-refractivity contribution in [1.82, 2.24) is 9.88 Å². The molecule has 1 aromatic heterocycles. The molecule has 0 saturated carbocycles. The maximum atomic E-state index is 11.9. The molecule has 2 aromatic rings. The molecule has 1 aromatic carbocycles. The largest absolute Gasteiger partial charge is 0.497 e. The SMILES string of the molecule is COc1ccc([C@@H](C(=O)O)N2CCN(c3cccc(C)n3)CC2)cc1. The molecule has 1 aliphatic heterocycles. The summed E-state index contributed by atoms with van der Waals surface area (Å²) in [5.74, 6) is 0.853. The summed E-state index contributed by atoms with van der Waals surface area (Å²) >= 11 is 0. The van der Waals surface area contributed by atoms with Gasteiger partial charge in [0.05, 0.1) is 7.11 Å². The summed E-state index contributed by atoms with van der Waals surface area (Å²) < 4.78 is 5.15. The van der Waals surface area contributed by atoms with Crippen molar-refractivity contribution < 1.29 is 14.6 Å². The van der Waals surface area contributed by atoms with Gasteiger partial charge in [0, 0.05) is 31.9 Å². The molecule has 0 radical (unpaired) electrons. The molecule has 1 atom stereocenters. The predicted molar refractivity (Wildman–Crippen MR) is 96.1 cm³/mol. The number of hydrogen-bond donors (Lipinski definition) is 1. The van der Waals surface area contributed by atoms with E-state index in [-0.39, 0.29) is 0 Å². The number of piperazine rings is 1. The summed E-state index contributed by atoms with van der Waals surface area (Å²) in [6, 6.07) is 12.6. The number of anilines is 1. The number of aromatic nitrogens is 1. The number of benzene rings is 1. The Morgan fingerprint density at radius 2 is 1.80 bits per heavy atom. The number of methoxy groups -OCH3 is 1. The average Bonchev–Trinajstić information content (AvgIpc) is 2.63. The lowest BCUT2D eigenvalue weighted by atomic mass is 10.0. The molecule has 0 spiro atoms. The molecule has 0 unspecified atom stereocenters. The van der Waals surface area contributed by atoms with Gasteiger partial charge in [0.15, 0.2) is 0 Å². The maximum Gasteiger partial charge on any atom is 0.325 e. The van der Waals surface area contributed by atoms with E-state index in [0.29, 0.717) is 13.1 Å². The van der Waals surface area contributed by atoms with Crippen LogP contribution in [-0.4, -0.2) is 54.2 Å². The Morgan fingerprint density at radius 3 is 2.36 bits per heavy atom. The summed E-state index contributed by atoms with van der Waals surface area (Å²) in [6.45, 7) is 4.86. The number of ether oxygens (including phenoxy) is 1. The Kier molecular flexibility index (Phi) is 5.19. The highest BCUT2D eigenvalue weighted by molar-refractivity contribution is 5.75. The quantitative estimate of drug-likeness (QED) is 0.900. The molecule has 1 fully saturated rings. The van der Waals surface area contributed by atoms with Crippen LogP contribution >= 0.6 is 0 Å². The highest BCUT2D eigenvalue weighted by Crippen LogP contribution is 2.25. The van der Waals surface area contributed by atoms with Gasteiger partial charge in [0.1, 0.15) is 17.6 Å². The number of pyridine rings is 1. The van der Waals surface area contributed by atoms with Gasteiger partial charge in [0.25, 0.3) is 0 Å². The Balaban J connectivity index is 1.71. The number of carboxylic acid groups (broad SMARTS) is 1. The molecule has 1 saturated heterocycles. The predicted octanol–water partition coefficient (Wildman–Crippen LogP) is 2.35. The van der Waals surface area contributed by atoms with Gasteiger partial charge in [-0.2, -0.15) is 0 Å². The summed E-state index contributed by atoms with van der Waals surface area (Å²) in [7, 11) is 1.60. The molecule has 25 heavy (non-hydrogen) atoms. The standard InChI is InChI=1S/C19H23N3O3/c1-14-4-3-5-17(20-14)21-10-12-22(13-11-21)18(19(23)24)15-6-8-16(25-2)9-7-15/h3-9,18H,10-13H2,1-2H3,(H,23,24)/t18-/m0/s1. The zero-order chi connectivity index (χ0) is 17.8. The third kappa shape index (κ3) is 3.91. The van der Waals surface area contributed by atoms with Crippen LogP contribution in [0.5, 0.6) is 5.75 Å². The monoisotopic (exact) mass is 341 g/mol.